The Bertz CT molecular complexity index is 464. The van der Waals surface area contributed by atoms with Gasteiger partial charge in [0, 0.05) is 12.7 Å². The molecule has 0 aromatic heterocycles. The number of hydrogen-bond acceptors (Lipinski definition) is 4. The molecule has 1 fully saturated rings. The van der Waals surface area contributed by atoms with Gasteiger partial charge in [0.25, 0.3) is 0 Å². The Labute approximate surface area is 119 Å². The van der Waals surface area contributed by atoms with E-state index in [1.165, 1.54) is 0 Å². The van der Waals surface area contributed by atoms with Crippen molar-refractivity contribution >= 4 is 11.6 Å². The van der Waals surface area contributed by atoms with Crippen LogP contribution in [-0.2, 0) is 20.7 Å². The first-order valence-electron chi connectivity index (χ1n) is 6.83. The minimum Gasteiger partial charge on any atom is -0.377 e. The van der Waals surface area contributed by atoms with Crippen molar-refractivity contribution in [3.63, 3.8) is 0 Å². The Morgan fingerprint density at radius 2 is 1.95 bits per heavy atom. The van der Waals surface area contributed by atoms with E-state index in [0.717, 1.165) is 11.3 Å². The third kappa shape index (κ3) is 3.95. The number of carbonyl (C=O) groups is 1. The molecule has 0 aliphatic carbocycles. The molecule has 1 aromatic carbocycles. The maximum atomic E-state index is 11.5. The highest BCUT2D eigenvalue weighted by Gasteiger charge is 2.28. The van der Waals surface area contributed by atoms with Gasteiger partial charge in [-0.2, -0.15) is 0 Å². The number of benzene rings is 1. The lowest BCUT2D eigenvalue weighted by molar-refractivity contribution is -0.247. The third-order valence-corrected chi connectivity index (χ3v) is 3.27. The number of likely N-dealkylation sites (N-methyl/N-ethyl adjacent to an activating group) is 1. The second kappa shape index (κ2) is 6.24. The summed E-state index contributed by atoms with van der Waals surface area (Å²) in [6.07, 6.45) is 0.361. The Morgan fingerprint density at radius 1 is 1.30 bits per heavy atom. The van der Waals surface area contributed by atoms with E-state index in [2.05, 4.69) is 10.6 Å². The second-order valence-corrected chi connectivity index (χ2v) is 5.37. The first kappa shape index (κ1) is 14.8. The number of amides is 1. The summed E-state index contributed by atoms with van der Waals surface area (Å²) < 4.78 is 11.3. The number of ether oxygens (including phenoxy) is 2. The maximum absolute atomic E-state index is 11.5. The minimum atomic E-state index is -0.514. The van der Waals surface area contributed by atoms with Crippen LogP contribution in [0.5, 0.6) is 0 Å². The molecular formula is C15H22N2O3. The molecule has 20 heavy (non-hydrogen) atoms. The average Bonchev–Trinajstić information content (AvgIpc) is 2.43. The van der Waals surface area contributed by atoms with Gasteiger partial charge in [-0.05, 0) is 25.5 Å². The van der Waals surface area contributed by atoms with E-state index in [1.807, 2.05) is 38.1 Å². The van der Waals surface area contributed by atoms with Gasteiger partial charge in [-0.15, -0.1) is 0 Å². The monoisotopic (exact) mass is 278 g/mol. The van der Waals surface area contributed by atoms with E-state index in [4.69, 9.17) is 9.47 Å². The molecule has 0 atom stereocenters. The van der Waals surface area contributed by atoms with Crippen LogP contribution in [0.3, 0.4) is 0 Å². The summed E-state index contributed by atoms with van der Waals surface area (Å²) in [4.78, 5) is 11.5. The second-order valence-electron chi connectivity index (χ2n) is 5.37. The van der Waals surface area contributed by atoms with Crippen molar-refractivity contribution in [1.82, 2.24) is 5.32 Å². The summed E-state index contributed by atoms with van der Waals surface area (Å²) >= 11 is 0. The highest BCUT2D eigenvalue weighted by atomic mass is 16.7. The Morgan fingerprint density at radius 3 is 2.60 bits per heavy atom. The van der Waals surface area contributed by atoms with Crippen LogP contribution < -0.4 is 10.6 Å². The molecule has 0 unspecified atom stereocenters. The molecule has 1 heterocycles. The predicted octanol–water partition coefficient (Wildman–Crippen LogP) is 1.54. The fourth-order valence-corrected chi connectivity index (χ4v) is 2.07. The van der Waals surface area contributed by atoms with E-state index in [0.29, 0.717) is 19.6 Å². The molecule has 0 bridgehead atoms. The molecule has 1 aromatic rings. The van der Waals surface area contributed by atoms with Gasteiger partial charge in [0.15, 0.2) is 5.79 Å². The highest BCUT2D eigenvalue weighted by Crippen LogP contribution is 2.22. The van der Waals surface area contributed by atoms with Crippen molar-refractivity contribution in [2.75, 3.05) is 25.6 Å². The van der Waals surface area contributed by atoms with Gasteiger partial charge in [-0.3, -0.25) is 4.79 Å². The lowest BCUT2D eigenvalue weighted by Gasteiger charge is -2.35. The van der Waals surface area contributed by atoms with Crippen molar-refractivity contribution in [3.8, 4) is 0 Å². The Kier molecular flexibility index (Phi) is 4.62. The standard InChI is InChI=1S/C15H22N2O3/c1-15(2)19-9-12(10-20-15)17-13-7-5-4-6-11(13)8-14(18)16-3/h4-7,12,17H,8-10H2,1-3H3,(H,16,18). The zero-order valence-corrected chi connectivity index (χ0v) is 12.2. The molecule has 1 amide bonds. The van der Waals surface area contributed by atoms with Crippen molar-refractivity contribution in [1.29, 1.82) is 0 Å². The van der Waals surface area contributed by atoms with E-state index in [1.54, 1.807) is 7.05 Å². The van der Waals surface area contributed by atoms with Gasteiger partial charge in [-0.1, -0.05) is 18.2 Å². The lowest BCUT2D eigenvalue weighted by atomic mass is 10.1. The lowest BCUT2D eigenvalue weighted by Crippen LogP contribution is -2.45. The zero-order valence-electron chi connectivity index (χ0n) is 12.2. The summed E-state index contributed by atoms with van der Waals surface area (Å²) in [6.45, 7) is 4.98. The largest absolute Gasteiger partial charge is 0.377 e. The van der Waals surface area contributed by atoms with Crippen LogP contribution in [0.1, 0.15) is 19.4 Å². The summed E-state index contributed by atoms with van der Waals surface area (Å²) in [7, 11) is 1.64. The third-order valence-electron chi connectivity index (χ3n) is 3.27. The molecule has 2 N–H and O–H groups in total. The van der Waals surface area contributed by atoms with Gasteiger partial charge in [-0.25, -0.2) is 0 Å². The van der Waals surface area contributed by atoms with Crippen LogP contribution in [0.2, 0.25) is 0 Å². The van der Waals surface area contributed by atoms with Crippen LogP contribution in [0, 0.1) is 0 Å². The van der Waals surface area contributed by atoms with Crippen molar-refractivity contribution in [3.05, 3.63) is 29.8 Å². The average molecular weight is 278 g/mol. The predicted molar refractivity (Wildman–Crippen MR) is 77.6 cm³/mol. The van der Waals surface area contributed by atoms with Crippen LogP contribution in [0.4, 0.5) is 5.69 Å². The zero-order chi connectivity index (χ0) is 14.6. The molecule has 1 saturated heterocycles. The molecule has 0 saturated carbocycles. The van der Waals surface area contributed by atoms with E-state index < -0.39 is 5.79 Å². The van der Waals surface area contributed by atoms with Crippen molar-refractivity contribution < 1.29 is 14.3 Å². The smallest absolute Gasteiger partial charge is 0.224 e. The Balaban J connectivity index is 2.01. The molecule has 0 radical (unpaired) electrons. The number of carbonyl (C=O) groups excluding carboxylic acids is 1. The first-order chi connectivity index (χ1) is 9.50. The van der Waals surface area contributed by atoms with Crippen molar-refractivity contribution in [2.45, 2.75) is 32.1 Å². The van der Waals surface area contributed by atoms with Crippen LogP contribution in [0.15, 0.2) is 24.3 Å². The normalized spacial score (nSPS) is 18.6. The molecule has 110 valence electrons. The first-order valence-corrected chi connectivity index (χ1v) is 6.83. The van der Waals surface area contributed by atoms with Crippen LogP contribution in [-0.4, -0.2) is 38.0 Å². The molecular weight excluding hydrogens is 256 g/mol. The number of nitrogens with one attached hydrogen (secondary N) is 2. The minimum absolute atomic E-state index is 0.00322. The number of anilines is 1. The van der Waals surface area contributed by atoms with E-state index in [-0.39, 0.29) is 11.9 Å². The molecule has 2 rings (SSSR count). The fourth-order valence-electron chi connectivity index (χ4n) is 2.07. The molecule has 1 aliphatic rings. The number of rotatable bonds is 4. The quantitative estimate of drug-likeness (QED) is 0.877. The van der Waals surface area contributed by atoms with Crippen LogP contribution in [0.25, 0.3) is 0 Å². The van der Waals surface area contributed by atoms with Gasteiger partial charge in [0.2, 0.25) is 5.91 Å². The highest BCUT2D eigenvalue weighted by molar-refractivity contribution is 5.80. The molecule has 0 spiro atoms. The van der Waals surface area contributed by atoms with Gasteiger partial charge >= 0.3 is 0 Å². The molecule has 1 aliphatic heterocycles. The molecule has 5 heteroatoms. The number of hydrogen-bond donors (Lipinski definition) is 2. The Hall–Kier alpha value is -1.59. The maximum Gasteiger partial charge on any atom is 0.224 e. The summed E-state index contributed by atoms with van der Waals surface area (Å²) in [6, 6.07) is 7.89. The van der Waals surface area contributed by atoms with Gasteiger partial charge < -0.3 is 20.1 Å². The fraction of sp³-hybridized carbons (Fsp3) is 0.533. The summed E-state index contributed by atoms with van der Waals surface area (Å²) in [5.74, 6) is -0.517. The topological polar surface area (TPSA) is 59.6 Å². The van der Waals surface area contributed by atoms with Crippen LogP contribution >= 0.6 is 0 Å². The number of para-hydroxylation sites is 1. The van der Waals surface area contributed by atoms with E-state index >= 15 is 0 Å². The van der Waals surface area contributed by atoms with Gasteiger partial charge in [0.05, 0.1) is 25.7 Å². The van der Waals surface area contributed by atoms with E-state index in [9.17, 15) is 4.79 Å². The summed E-state index contributed by atoms with van der Waals surface area (Å²) in [5, 5.41) is 6.03. The SMILES string of the molecule is CNC(=O)Cc1ccccc1NC1COC(C)(C)OC1. The van der Waals surface area contributed by atoms with Gasteiger partial charge in [0.1, 0.15) is 0 Å². The van der Waals surface area contributed by atoms with Crippen molar-refractivity contribution in [2.24, 2.45) is 0 Å². The molecule has 5 nitrogen and oxygen atoms in total. The summed E-state index contributed by atoms with van der Waals surface area (Å²) in [5.41, 5.74) is 1.92.